The molecule has 2 rings (SSSR count). The van der Waals surface area contributed by atoms with Gasteiger partial charge in [0, 0.05) is 0 Å². The van der Waals surface area contributed by atoms with Crippen LogP contribution in [0.25, 0.3) is 0 Å². The van der Waals surface area contributed by atoms with Crippen LogP contribution in [0, 0.1) is 11.3 Å². The lowest BCUT2D eigenvalue weighted by Crippen LogP contribution is -2.04. The van der Waals surface area contributed by atoms with Crippen molar-refractivity contribution in [3.63, 3.8) is 0 Å². The quantitative estimate of drug-likeness (QED) is 0.723. The molecule has 0 saturated carbocycles. The van der Waals surface area contributed by atoms with Crippen LogP contribution in [-0.2, 0) is 12.8 Å². The van der Waals surface area contributed by atoms with Crippen LogP contribution in [0.1, 0.15) is 33.5 Å². The molecule has 2 N–H and O–H groups in total. The van der Waals surface area contributed by atoms with Gasteiger partial charge in [-0.1, -0.05) is 0 Å². The SMILES string of the molecule is N#Cc1cc2c(c(C(=O)O)c1O)CCC2. The van der Waals surface area contributed by atoms with Crippen molar-refractivity contribution in [3.05, 3.63) is 28.3 Å². The van der Waals surface area contributed by atoms with Crippen molar-refractivity contribution in [2.45, 2.75) is 19.3 Å². The average molecular weight is 203 g/mol. The molecule has 15 heavy (non-hydrogen) atoms. The standard InChI is InChI=1S/C11H9NO3/c12-5-7-4-6-2-1-3-8(6)9(10(7)13)11(14)15/h4,13H,1-3H2,(H,14,15). The van der Waals surface area contributed by atoms with Gasteiger partial charge in [0.1, 0.15) is 17.4 Å². The van der Waals surface area contributed by atoms with Gasteiger partial charge in [0.25, 0.3) is 0 Å². The molecular formula is C11H9NO3. The first-order chi connectivity index (χ1) is 7.15. The molecule has 0 aliphatic heterocycles. The van der Waals surface area contributed by atoms with Crippen molar-refractivity contribution in [2.75, 3.05) is 0 Å². The van der Waals surface area contributed by atoms with E-state index in [1.807, 2.05) is 0 Å². The van der Waals surface area contributed by atoms with E-state index >= 15 is 0 Å². The van der Waals surface area contributed by atoms with Crippen LogP contribution < -0.4 is 0 Å². The Hall–Kier alpha value is -2.02. The molecule has 0 saturated heterocycles. The van der Waals surface area contributed by atoms with E-state index in [9.17, 15) is 9.90 Å². The van der Waals surface area contributed by atoms with Crippen molar-refractivity contribution >= 4 is 5.97 Å². The summed E-state index contributed by atoms with van der Waals surface area (Å²) in [5.74, 6) is -1.56. The van der Waals surface area contributed by atoms with Crippen LogP contribution in [0.4, 0.5) is 0 Å². The van der Waals surface area contributed by atoms with Gasteiger partial charge < -0.3 is 10.2 Å². The monoisotopic (exact) mass is 203 g/mol. The van der Waals surface area contributed by atoms with Gasteiger partial charge >= 0.3 is 5.97 Å². The van der Waals surface area contributed by atoms with Gasteiger partial charge in [-0.2, -0.15) is 5.26 Å². The molecule has 1 aromatic carbocycles. The second-order valence-corrected chi connectivity index (χ2v) is 3.56. The highest BCUT2D eigenvalue weighted by atomic mass is 16.4. The van der Waals surface area contributed by atoms with E-state index in [1.165, 1.54) is 0 Å². The van der Waals surface area contributed by atoms with Crippen LogP contribution in [0.2, 0.25) is 0 Å². The first-order valence-corrected chi connectivity index (χ1v) is 4.66. The summed E-state index contributed by atoms with van der Waals surface area (Å²) in [6.45, 7) is 0. The first-order valence-electron chi connectivity index (χ1n) is 4.66. The van der Waals surface area contributed by atoms with Crippen LogP contribution in [-0.4, -0.2) is 16.2 Å². The van der Waals surface area contributed by atoms with Gasteiger partial charge in [-0.05, 0) is 36.5 Å². The second-order valence-electron chi connectivity index (χ2n) is 3.56. The topological polar surface area (TPSA) is 81.3 Å². The number of nitriles is 1. The summed E-state index contributed by atoms with van der Waals surface area (Å²) in [5, 5.41) is 27.4. The van der Waals surface area contributed by atoms with Gasteiger partial charge in [-0.3, -0.25) is 0 Å². The summed E-state index contributed by atoms with van der Waals surface area (Å²) >= 11 is 0. The minimum absolute atomic E-state index is 0.0491. The third kappa shape index (κ3) is 1.33. The number of aromatic carboxylic acids is 1. The normalized spacial score (nSPS) is 13.3. The predicted molar refractivity (Wildman–Crippen MR) is 51.8 cm³/mol. The molecule has 0 unspecified atom stereocenters. The van der Waals surface area contributed by atoms with E-state index in [-0.39, 0.29) is 11.1 Å². The van der Waals surface area contributed by atoms with Crippen molar-refractivity contribution in [1.29, 1.82) is 5.26 Å². The Morgan fingerprint density at radius 2 is 2.20 bits per heavy atom. The maximum Gasteiger partial charge on any atom is 0.339 e. The Morgan fingerprint density at radius 1 is 1.47 bits per heavy atom. The van der Waals surface area contributed by atoms with Crippen LogP contribution in [0.3, 0.4) is 0 Å². The second kappa shape index (κ2) is 3.28. The highest BCUT2D eigenvalue weighted by Crippen LogP contribution is 2.34. The fourth-order valence-electron chi connectivity index (χ4n) is 2.05. The fourth-order valence-corrected chi connectivity index (χ4v) is 2.05. The molecule has 4 heteroatoms. The number of aromatic hydroxyl groups is 1. The zero-order valence-electron chi connectivity index (χ0n) is 7.95. The number of rotatable bonds is 1. The van der Waals surface area contributed by atoms with Crippen molar-refractivity contribution in [2.24, 2.45) is 0 Å². The molecular weight excluding hydrogens is 194 g/mol. The molecule has 0 atom stereocenters. The zero-order valence-corrected chi connectivity index (χ0v) is 7.95. The fraction of sp³-hybridized carbons (Fsp3) is 0.273. The maximum atomic E-state index is 11.0. The summed E-state index contributed by atoms with van der Waals surface area (Å²) in [4.78, 5) is 11.0. The minimum Gasteiger partial charge on any atom is -0.506 e. The van der Waals surface area contributed by atoms with Crippen molar-refractivity contribution in [1.82, 2.24) is 0 Å². The number of hydrogen-bond donors (Lipinski definition) is 2. The Balaban J connectivity index is 2.76. The van der Waals surface area contributed by atoms with E-state index in [2.05, 4.69) is 0 Å². The number of benzene rings is 1. The Morgan fingerprint density at radius 3 is 2.80 bits per heavy atom. The van der Waals surface area contributed by atoms with Gasteiger partial charge in [-0.15, -0.1) is 0 Å². The van der Waals surface area contributed by atoms with E-state index in [1.54, 1.807) is 12.1 Å². The number of phenols is 1. The molecule has 0 amide bonds. The number of carbonyl (C=O) groups is 1. The van der Waals surface area contributed by atoms with Crippen molar-refractivity contribution < 1.29 is 15.0 Å². The van der Waals surface area contributed by atoms with Gasteiger partial charge in [0.15, 0.2) is 0 Å². The highest BCUT2D eigenvalue weighted by Gasteiger charge is 2.25. The molecule has 1 aliphatic rings. The summed E-state index contributed by atoms with van der Waals surface area (Å²) in [6, 6.07) is 3.39. The zero-order chi connectivity index (χ0) is 11.0. The molecule has 0 heterocycles. The third-order valence-electron chi connectivity index (χ3n) is 2.71. The highest BCUT2D eigenvalue weighted by molar-refractivity contribution is 5.94. The molecule has 0 aromatic heterocycles. The van der Waals surface area contributed by atoms with E-state index in [4.69, 9.17) is 10.4 Å². The number of aryl methyl sites for hydroxylation is 1. The molecule has 0 spiro atoms. The van der Waals surface area contributed by atoms with Gasteiger partial charge in [0.2, 0.25) is 0 Å². The van der Waals surface area contributed by atoms with Gasteiger partial charge in [0.05, 0.1) is 5.56 Å². The lowest BCUT2D eigenvalue weighted by atomic mass is 9.98. The summed E-state index contributed by atoms with van der Waals surface area (Å²) < 4.78 is 0. The summed E-state index contributed by atoms with van der Waals surface area (Å²) in [7, 11) is 0. The number of hydrogen-bond acceptors (Lipinski definition) is 3. The predicted octanol–water partition coefficient (Wildman–Crippen LogP) is 1.45. The number of fused-ring (bicyclic) bond motifs is 1. The lowest BCUT2D eigenvalue weighted by molar-refractivity contribution is 0.0692. The maximum absolute atomic E-state index is 11.0. The lowest BCUT2D eigenvalue weighted by Gasteiger charge is -2.08. The van der Waals surface area contributed by atoms with E-state index in [0.717, 1.165) is 18.4 Å². The number of carboxylic acid groups (broad SMARTS) is 1. The average Bonchev–Trinajstić information content (AvgIpc) is 2.63. The van der Waals surface area contributed by atoms with Crippen LogP contribution in [0.5, 0.6) is 5.75 Å². The molecule has 1 aromatic rings. The van der Waals surface area contributed by atoms with Crippen LogP contribution >= 0.6 is 0 Å². The molecule has 0 radical (unpaired) electrons. The van der Waals surface area contributed by atoms with Crippen LogP contribution in [0.15, 0.2) is 6.07 Å². The largest absolute Gasteiger partial charge is 0.506 e. The number of nitrogens with zero attached hydrogens (tertiary/aromatic N) is 1. The Kier molecular flexibility index (Phi) is 2.09. The minimum atomic E-state index is -1.16. The molecule has 0 bridgehead atoms. The Labute approximate surface area is 86.4 Å². The summed E-state index contributed by atoms with van der Waals surface area (Å²) in [6.07, 6.45) is 2.32. The molecule has 0 fully saturated rings. The first kappa shape index (κ1) is 9.53. The molecule has 4 nitrogen and oxygen atoms in total. The van der Waals surface area contributed by atoms with Crippen molar-refractivity contribution in [3.8, 4) is 11.8 Å². The third-order valence-corrected chi connectivity index (χ3v) is 2.71. The molecule has 76 valence electrons. The van der Waals surface area contributed by atoms with E-state index in [0.29, 0.717) is 12.0 Å². The smallest absolute Gasteiger partial charge is 0.339 e. The Bertz CT molecular complexity index is 482. The molecule has 1 aliphatic carbocycles. The number of carboxylic acids is 1. The van der Waals surface area contributed by atoms with Gasteiger partial charge in [-0.25, -0.2) is 4.79 Å². The summed E-state index contributed by atoms with van der Waals surface area (Å²) in [5.41, 5.74) is 1.51. The van der Waals surface area contributed by atoms with E-state index < -0.39 is 11.7 Å².